The van der Waals surface area contributed by atoms with Gasteiger partial charge in [0.25, 0.3) is 10.1 Å². The summed E-state index contributed by atoms with van der Waals surface area (Å²) < 4.78 is 135. The summed E-state index contributed by atoms with van der Waals surface area (Å²) in [5.41, 5.74) is 48.4. The molecule has 124 heavy (non-hydrogen) atoms. The summed E-state index contributed by atoms with van der Waals surface area (Å²) in [5.74, 6) is 7.18. The van der Waals surface area contributed by atoms with Crippen LogP contribution in [-0.4, -0.2) is 183 Å². The minimum atomic E-state index is -4.11. The third-order valence-corrected chi connectivity index (χ3v) is 17.8. The summed E-state index contributed by atoms with van der Waals surface area (Å²) >= 11 is 0. The zero-order valence-corrected chi connectivity index (χ0v) is 72.1. The van der Waals surface area contributed by atoms with Gasteiger partial charge in [-0.15, -0.1) is 0 Å². The highest BCUT2D eigenvalue weighted by Crippen LogP contribution is 2.31. The van der Waals surface area contributed by atoms with Crippen LogP contribution in [0.25, 0.3) is 10.8 Å². The van der Waals surface area contributed by atoms with Gasteiger partial charge in [-0.1, -0.05) is 60.7 Å². The lowest BCUT2D eigenvalue weighted by atomic mass is 10.1. The van der Waals surface area contributed by atoms with Crippen molar-refractivity contribution in [2.45, 2.75) is 37.5 Å². The molecule has 0 aliphatic rings. The van der Waals surface area contributed by atoms with Crippen LogP contribution in [0.2, 0.25) is 0 Å². The molecule has 1 heterocycles. The first kappa shape index (κ1) is 105. The third-order valence-electron chi connectivity index (χ3n) is 15.6. The van der Waals surface area contributed by atoms with Crippen molar-refractivity contribution in [1.29, 1.82) is 37.9 Å². The summed E-state index contributed by atoms with van der Waals surface area (Å²) in [6.07, 6.45) is 2.97. The summed E-state index contributed by atoms with van der Waals surface area (Å²) in [6, 6.07) is 42.9. The van der Waals surface area contributed by atoms with E-state index >= 15 is 0 Å². The third kappa shape index (κ3) is 38.6. The van der Waals surface area contributed by atoms with Crippen LogP contribution in [0, 0.1) is 37.9 Å². The lowest BCUT2D eigenvalue weighted by Crippen LogP contribution is -2.16. The standard InChI is InChI=1S/2C12H16N2O4.C10H13N3O2.C10H14N2O3S.C10H10N2O.C9H13N3O3S.C9H12N2O4S.C8H10N2O2/c2*1-3-17-11(15)7-18-9-5-4-8(12(13)14)6-10(9)16-2;1-15-8-4-7(10(12)13)3-2-6(8)5-9(11)14;1-15-9-5-7(10(11)12)3-4-8(9)6-16(2,13)14;1-13-8-3-2-7-4-5-12-10(11)9(7)6-8;2*1-15-8-4-6(9(10)11)2-3-7(8)5-16(12,13)14;1-11-7-4-2-3-6(5-7)8(9)12-10/h2*4-6H,3,7H2,1-2H3,(H3,13,14);2-4H,5H2,1H3,(H2,11,14)(H3,12,13);3-5H,6H2,1-2H3,(H3,11,12);2-6H,1H3,(H2,11,12);2-4H,5H2,1H3,(H3,10,11)(H2,12,13,14);2-4H,5H2,1H3,(H3,10,11)(H,12,13,14);2-5,9H,10H2,1H3. The largest absolute Gasteiger partial charge is 0.497 e. The van der Waals surface area contributed by atoms with Crippen LogP contribution in [0.15, 0.2) is 164 Å². The lowest BCUT2D eigenvalue weighted by molar-refractivity contribution is -0.146. The molecule has 0 atom stereocenters. The number of benzene rings is 8. The number of nitrogens with two attached hydrogens (primary N) is 10. The molecular formula is C80H104N18O23S3. The second kappa shape index (κ2) is 52.4. The summed E-state index contributed by atoms with van der Waals surface area (Å²) in [7, 11) is 1.02. The Labute approximate surface area is 716 Å². The van der Waals surface area contributed by atoms with E-state index in [1.54, 1.807) is 137 Å². The number of anilines is 1. The average molecular weight is 1780 g/mol. The molecule has 28 N–H and O–H groups in total. The van der Waals surface area contributed by atoms with Crippen LogP contribution in [-0.2, 0) is 82.4 Å². The molecule has 0 saturated heterocycles. The number of hydrogen-bond acceptors (Lipinski definition) is 32. The molecule has 1 amide bonds. The Kier molecular flexibility index (Phi) is 44.6. The highest BCUT2D eigenvalue weighted by Gasteiger charge is 2.18. The minimum Gasteiger partial charge on any atom is -0.497 e. The number of sulfonamides is 1. The van der Waals surface area contributed by atoms with Gasteiger partial charge in [-0.3, -0.25) is 47.2 Å². The molecule has 0 aliphatic heterocycles. The van der Waals surface area contributed by atoms with Gasteiger partial charge in [-0.2, -0.15) is 14.3 Å². The van der Waals surface area contributed by atoms with E-state index in [-0.39, 0.29) is 77.8 Å². The Hall–Kier alpha value is -14.6. The van der Waals surface area contributed by atoms with Gasteiger partial charge in [0, 0.05) is 79.0 Å². The predicted molar refractivity (Wildman–Crippen MR) is 470 cm³/mol. The molecule has 0 fully saturated rings. The number of primary amides is 1. The van der Waals surface area contributed by atoms with E-state index < -0.39 is 53.6 Å². The van der Waals surface area contributed by atoms with Gasteiger partial charge in [0.2, 0.25) is 21.8 Å². The second-order valence-electron chi connectivity index (χ2n) is 24.7. The lowest BCUT2D eigenvalue weighted by Gasteiger charge is -2.11. The maximum absolute atomic E-state index is 11.2. The number of rotatable bonds is 31. The molecular weight excluding hydrogens is 1680 g/mol. The second-order valence-corrected chi connectivity index (χ2v) is 29.9. The van der Waals surface area contributed by atoms with Gasteiger partial charge in [-0.25, -0.2) is 36.5 Å². The number of amides is 1. The van der Waals surface area contributed by atoms with Crippen LogP contribution >= 0.6 is 0 Å². The number of esters is 2. The number of carbonyl (C=O) groups excluding carboxylic acids is 3. The predicted octanol–water partition coefficient (Wildman–Crippen LogP) is 5.24. The fourth-order valence-corrected chi connectivity index (χ4v) is 11.9. The average Bonchev–Trinajstić information content (AvgIpc) is 0.843. The Balaban J connectivity index is 0.000000481. The Morgan fingerprint density at radius 2 is 0.750 bits per heavy atom. The van der Waals surface area contributed by atoms with Crippen LogP contribution < -0.4 is 104 Å². The van der Waals surface area contributed by atoms with Gasteiger partial charge >= 0.3 is 11.9 Å². The number of primary sulfonamides is 1. The SMILES string of the molecule is CCOC(=O)COc1ccc(C(=N)N)cc1OC.CCOC(=O)COc1ccc(C(=N)N)cc1OC.COc1cc(C(=N)N)ccc1CC(N)=O.COc1cc(C(=N)N)ccc1CS(=O)(=O)O.COc1cc(C(=N)N)ccc1CS(C)(=O)=O.COc1cc(C(=N)N)ccc1CS(N)(=O)=O.COc1ccc2ccnc(N)c2c1.COc1cccc(C(=N)ON)c1. The fraction of sp³-hybridized carbons (Fsp3) is 0.237. The molecule has 0 bridgehead atoms. The van der Waals surface area contributed by atoms with Crippen molar-refractivity contribution < 1.29 is 106 Å². The number of sulfone groups is 1. The number of methoxy groups -OCH3 is 8. The maximum Gasteiger partial charge on any atom is 0.344 e. The molecule has 1 aromatic heterocycles. The normalized spacial score (nSPS) is 10.2. The molecule has 0 aliphatic carbocycles. The number of nitrogens with zero attached hydrogens (tertiary/aromatic N) is 1. The zero-order valence-electron chi connectivity index (χ0n) is 69.6. The number of hydrogen-bond donors (Lipinski definition) is 18. The van der Waals surface area contributed by atoms with Crippen LogP contribution in [0.4, 0.5) is 5.82 Å². The van der Waals surface area contributed by atoms with Crippen molar-refractivity contribution in [3.8, 4) is 57.5 Å². The van der Waals surface area contributed by atoms with E-state index in [0.717, 1.165) is 22.8 Å². The van der Waals surface area contributed by atoms with E-state index in [2.05, 4.69) is 9.82 Å². The fourth-order valence-electron chi connectivity index (χ4n) is 9.75. The molecule has 0 radical (unpaired) electrons. The topological polar surface area (TPSA) is 734 Å². The van der Waals surface area contributed by atoms with Crippen LogP contribution in [0.3, 0.4) is 0 Å². The highest BCUT2D eigenvalue weighted by molar-refractivity contribution is 7.90. The number of carbonyl (C=O) groups is 3. The van der Waals surface area contributed by atoms with E-state index in [1.807, 2.05) is 24.3 Å². The Morgan fingerprint density at radius 1 is 0.403 bits per heavy atom. The zero-order chi connectivity index (χ0) is 93.8. The molecule has 44 heteroatoms. The highest BCUT2D eigenvalue weighted by atomic mass is 32.2. The molecule has 9 rings (SSSR count). The Bertz CT molecular complexity index is 5260. The smallest absolute Gasteiger partial charge is 0.344 e. The van der Waals surface area contributed by atoms with Crippen LogP contribution in [0.1, 0.15) is 75.0 Å². The summed E-state index contributed by atoms with van der Waals surface area (Å²) in [4.78, 5) is 41.3. The monoisotopic (exact) mass is 1780 g/mol. The van der Waals surface area contributed by atoms with Crippen molar-refractivity contribution >= 4 is 105 Å². The molecule has 0 unspecified atom stereocenters. The van der Waals surface area contributed by atoms with Gasteiger partial charge in [-0.05, 0) is 116 Å². The number of amidine groups is 6. The first-order valence-electron chi connectivity index (χ1n) is 35.7. The van der Waals surface area contributed by atoms with E-state index in [4.69, 9.17) is 156 Å². The Morgan fingerprint density at radius 3 is 1.08 bits per heavy atom. The van der Waals surface area contributed by atoms with Gasteiger partial charge in [0.15, 0.2) is 46.0 Å². The molecule has 0 spiro atoms. The van der Waals surface area contributed by atoms with Crippen molar-refractivity contribution in [1.82, 2.24) is 4.98 Å². The van der Waals surface area contributed by atoms with E-state index in [9.17, 15) is 39.6 Å². The van der Waals surface area contributed by atoms with Crippen molar-refractivity contribution in [3.63, 3.8) is 0 Å². The first-order chi connectivity index (χ1) is 58.3. The number of fused-ring (bicyclic) bond motifs is 1. The van der Waals surface area contributed by atoms with Gasteiger partial charge in [0.05, 0.1) is 88.0 Å². The maximum atomic E-state index is 11.2. The van der Waals surface area contributed by atoms with E-state index in [1.165, 1.54) is 73.0 Å². The number of aromatic nitrogens is 1. The number of ether oxygens (including phenoxy) is 12. The number of pyridine rings is 1. The first-order valence-corrected chi connectivity index (χ1v) is 41.0. The van der Waals surface area contributed by atoms with Crippen LogP contribution in [0.5, 0.6) is 57.5 Å². The molecule has 0 saturated carbocycles. The van der Waals surface area contributed by atoms with Crippen molar-refractivity contribution in [2.75, 3.05) is 95.3 Å². The molecule has 8 aromatic carbocycles. The molecule has 41 nitrogen and oxygen atoms in total. The summed E-state index contributed by atoms with van der Waals surface area (Å²) in [5, 5.41) is 57.8. The van der Waals surface area contributed by atoms with Gasteiger partial charge < -0.3 is 108 Å². The molecule has 670 valence electrons. The number of nitrogens with one attached hydrogen (secondary N) is 7. The summed E-state index contributed by atoms with van der Waals surface area (Å²) in [6.45, 7) is 3.68. The minimum absolute atomic E-state index is 0.0427. The van der Waals surface area contributed by atoms with Gasteiger partial charge in [0.1, 0.15) is 81.1 Å². The van der Waals surface area contributed by atoms with E-state index in [0.29, 0.717) is 126 Å². The van der Waals surface area contributed by atoms with Crippen molar-refractivity contribution in [3.05, 3.63) is 225 Å². The molecule has 9 aromatic rings. The quantitative estimate of drug-likeness (QED) is 0.00867. The van der Waals surface area contributed by atoms with Crippen molar-refractivity contribution in [2.24, 2.45) is 51.2 Å². The number of nitrogen functional groups attached to an aromatic ring is 7.